The molecule has 1 aromatic carbocycles. The summed E-state index contributed by atoms with van der Waals surface area (Å²) in [4.78, 5) is 11.8. The molecule has 0 saturated carbocycles. The van der Waals surface area contributed by atoms with Crippen molar-refractivity contribution >= 4 is 11.9 Å². The molecule has 2 aromatic heterocycles. The van der Waals surface area contributed by atoms with E-state index in [1.165, 1.54) is 28.7 Å². The van der Waals surface area contributed by atoms with Crippen LogP contribution in [0, 0.1) is 5.82 Å². The van der Waals surface area contributed by atoms with E-state index in [1.807, 2.05) is 0 Å². The van der Waals surface area contributed by atoms with E-state index in [1.54, 1.807) is 30.6 Å². The minimum absolute atomic E-state index is 0.143. The molecule has 0 saturated heterocycles. The molecule has 2 heterocycles. The summed E-state index contributed by atoms with van der Waals surface area (Å²) >= 11 is 0. The Kier molecular flexibility index (Phi) is 3.30. The number of aromatic nitrogens is 5. The fourth-order valence-electron chi connectivity index (χ4n) is 1.87. The lowest BCUT2D eigenvalue weighted by Crippen LogP contribution is -2.24. The van der Waals surface area contributed by atoms with Gasteiger partial charge in [-0.15, -0.1) is 5.10 Å². The number of benzene rings is 1. The van der Waals surface area contributed by atoms with Gasteiger partial charge in [0, 0.05) is 25.5 Å². The number of anilines is 1. The maximum atomic E-state index is 14.2. The molecular formula is C13H11FN6O2. The van der Waals surface area contributed by atoms with E-state index in [9.17, 15) is 9.18 Å². The van der Waals surface area contributed by atoms with Crippen LogP contribution in [0.25, 0.3) is 11.4 Å². The molecule has 1 amide bonds. The van der Waals surface area contributed by atoms with Crippen molar-refractivity contribution < 1.29 is 14.3 Å². The summed E-state index contributed by atoms with van der Waals surface area (Å²) in [6.07, 6.45) is 3.43. The molecule has 0 aliphatic heterocycles. The average Bonchev–Trinajstić information content (AvgIpc) is 3.17. The molecule has 3 aromatic rings. The summed E-state index contributed by atoms with van der Waals surface area (Å²) in [5.74, 6) is -0.339. The standard InChI is InChI=1S/C13H11FN6O2/c1-18(13(21)22)12-8-20(17-16-12)9-3-4-11(10(14)7-9)19-6-2-5-15-19/h2-8H,1H3,(H,21,22). The topological polar surface area (TPSA) is 89.1 Å². The van der Waals surface area contributed by atoms with Crippen LogP contribution in [-0.2, 0) is 0 Å². The number of hydrogen-bond donors (Lipinski definition) is 1. The highest BCUT2D eigenvalue weighted by Gasteiger charge is 2.14. The molecule has 9 heteroatoms. The Balaban J connectivity index is 1.93. The summed E-state index contributed by atoms with van der Waals surface area (Å²) in [6.45, 7) is 0. The molecule has 0 radical (unpaired) electrons. The highest BCUT2D eigenvalue weighted by atomic mass is 19.1. The first kappa shape index (κ1) is 13.7. The number of carbonyl (C=O) groups is 1. The first-order chi connectivity index (χ1) is 10.6. The summed E-state index contributed by atoms with van der Waals surface area (Å²) in [5.41, 5.74) is 0.725. The van der Waals surface area contributed by atoms with Crippen LogP contribution >= 0.6 is 0 Å². The van der Waals surface area contributed by atoms with Gasteiger partial charge in [0.15, 0.2) is 11.6 Å². The Morgan fingerprint density at radius 2 is 2.18 bits per heavy atom. The lowest BCUT2D eigenvalue weighted by molar-refractivity contribution is 0.203. The normalized spacial score (nSPS) is 10.6. The second kappa shape index (κ2) is 5.28. The zero-order chi connectivity index (χ0) is 15.7. The number of hydrogen-bond acceptors (Lipinski definition) is 4. The molecule has 0 aliphatic carbocycles. The lowest BCUT2D eigenvalue weighted by atomic mass is 10.2. The van der Waals surface area contributed by atoms with Crippen LogP contribution in [0.2, 0.25) is 0 Å². The Bertz CT molecular complexity index is 814. The first-order valence-electron chi connectivity index (χ1n) is 6.25. The number of carboxylic acid groups (broad SMARTS) is 1. The molecule has 3 rings (SSSR count). The molecule has 0 atom stereocenters. The van der Waals surface area contributed by atoms with Crippen LogP contribution in [0.4, 0.5) is 15.0 Å². The van der Waals surface area contributed by atoms with Crippen molar-refractivity contribution in [2.24, 2.45) is 0 Å². The zero-order valence-corrected chi connectivity index (χ0v) is 11.5. The van der Waals surface area contributed by atoms with Crippen molar-refractivity contribution in [3.05, 3.63) is 48.7 Å². The van der Waals surface area contributed by atoms with E-state index in [0.717, 1.165) is 4.90 Å². The molecule has 0 aliphatic rings. The number of amides is 1. The van der Waals surface area contributed by atoms with E-state index in [0.29, 0.717) is 11.4 Å². The van der Waals surface area contributed by atoms with Crippen LogP contribution in [0.5, 0.6) is 0 Å². The van der Waals surface area contributed by atoms with Crippen molar-refractivity contribution in [3.8, 4) is 11.4 Å². The lowest BCUT2D eigenvalue weighted by Gasteiger charge is -2.07. The van der Waals surface area contributed by atoms with Gasteiger partial charge in [0.1, 0.15) is 5.69 Å². The number of halogens is 1. The number of rotatable bonds is 3. The highest BCUT2D eigenvalue weighted by Crippen LogP contribution is 2.18. The first-order valence-corrected chi connectivity index (χ1v) is 6.25. The maximum Gasteiger partial charge on any atom is 0.412 e. The van der Waals surface area contributed by atoms with Crippen LogP contribution in [0.3, 0.4) is 0 Å². The molecule has 1 N–H and O–H groups in total. The Labute approximate surface area is 124 Å². The predicted octanol–water partition coefficient (Wildman–Crippen LogP) is 1.71. The van der Waals surface area contributed by atoms with Crippen molar-refractivity contribution in [2.45, 2.75) is 0 Å². The second-order valence-electron chi connectivity index (χ2n) is 4.45. The Morgan fingerprint density at radius 1 is 1.36 bits per heavy atom. The predicted molar refractivity (Wildman–Crippen MR) is 74.9 cm³/mol. The van der Waals surface area contributed by atoms with Gasteiger partial charge in [0.25, 0.3) is 0 Å². The van der Waals surface area contributed by atoms with Gasteiger partial charge in [-0.3, -0.25) is 4.90 Å². The van der Waals surface area contributed by atoms with Gasteiger partial charge >= 0.3 is 6.09 Å². The Hall–Kier alpha value is -3.23. The molecule has 112 valence electrons. The van der Waals surface area contributed by atoms with E-state index in [-0.39, 0.29) is 5.82 Å². The maximum absolute atomic E-state index is 14.2. The van der Waals surface area contributed by atoms with Gasteiger partial charge in [-0.05, 0) is 18.2 Å². The van der Waals surface area contributed by atoms with Crippen molar-refractivity contribution in [1.82, 2.24) is 24.8 Å². The highest BCUT2D eigenvalue weighted by molar-refractivity contribution is 5.83. The van der Waals surface area contributed by atoms with Crippen molar-refractivity contribution in [1.29, 1.82) is 0 Å². The largest absolute Gasteiger partial charge is 0.465 e. The summed E-state index contributed by atoms with van der Waals surface area (Å²) in [5, 5.41) is 20.4. The molecule has 0 bridgehead atoms. The number of nitrogens with zero attached hydrogens (tertiary/aromatic N) is 6. The molecule has 0 fully saturated rings. The van der Waals surface area contributed by atoms with Crippen molar-refractivity contribution in [2.75, 3.05) is 11.9 Å². The molecule has 0 unspecified atom stereocenters. The van der Waals surface area contributed by atoms with Gasteiger partial charge in [-0.25, -0.2) is 18.5 Å². The third-order valence-corrected chi connectivity index (χ3v) is 3.06. The summed E-state index contributed by atoms with van der Waals surface area (Å²) in [6, 6.07) is 6.16. The quantitative estimate of drug-likeness (QED) is 0.795. The average molecular weight is 302 g/mol. The summed E-state index contributed by atoms with van der Waals surface area (Å²) < 4.78 is 16.9. The van der Waals surface area contributed by atoms with Crippen LogP contribution in [0.15, 0.2) is 42.9 Å². The fourth-order valence-corrected chi connectivity index (χ4v) is 1.87. The minimum Gasteiger partial charge on any atom is -0.465 e. The van der Waals surface area contributed by atoms with Gasteiger partial charge in [-0.1, -0.05) is 5.21 Å². The minimum atomic E-state index is -1.16. The van der Waals surface area contributed by atoms with Crippen molar-refractivity contribution in [3.63, 3.8) is 0 Å². The Morgan fingerprint density at radius 3 is 2.82 bits per heavy atom. The fraction of sp³-hybridized carbons (Fsp3) is 0.0769. The third kappa shape index (κ3) is 2.39. The van der Waals surface area contributed by atoms with Gasteiger partial charge in [0.05, 0.1) is 11.9 Å². The van der Waals surface area contributed by atoms with E-state index in [4.69, 9.17) is 5.11 Å². The second-order valence-corrected chi connectivity index (χ2v) is 4.45. The third-order valence-electron chi connectivity index (χ3n) is 3.06. The van der Waals surface area contributed by atoms with Crippen LogP contribution < -0.4 is 4.90 Å². The van der Waals surface area contributed by atoms with Crippen LogP contribution in [0.1, 0.15) is 0 Å². The van der Waals surface area contributed by atoms with Crippen LogP contribution in [-0.4, -0.2) is 43.0 Å². The SMILES string of the molecule is CN(C(=O)O)c1cn(-c2ccc(-n3cccn3)c(F)c2)nn1. The smallest absolute Gasteiger partial charge is 0.412 e. The van der Waals surface area contributed by atoms with E-state index < -0.39 is 11.9 Å². The van der Waals surface area contributed by atoms with Gasteiger partial charge < -0.3 is 5.11 Å². The van der Waals surface area contributed by atoms with E-state index >= 15 is 0 Å². The van der Waals surface area contributed by atoms with Gasteiger partial charge in [0.2, 0.25) is 0 Å². The van der Waals surface area contributed by atoms with E-state index in [2.05, 4.69) is 15.4 Å². The molecule has 22 heavy (non-hydrogen) atoms. The summed E-state index contributed by atoms with van der Waals surface area (Å²) in [7, 11) is 1.35. The molecular weight excluding hydrogens is 291 g/mol. The monoisotopic (exact) mass is 302 g/mol. The molecule has 0 spiro atoms. The van der Waals surface area contributed by atoms with Gasteiger partial charge in [-0.2, -0.15) is 5.10 Å². The zero-order valence-electron chi connectivity index (χ0n) is 11.5. The molecule has 8 nitrogen and oxygen atoms in total.